The highest BCUT2D eigenvalue weighted by Gasteiger charge is 2.23. The number of ether oxygens (including phenoxy) is 1. The van der Waals surface area contributed by atoms with Gasteiger partial charge in [-0.2, -0.15) is 0 Å². The molecule has 112 valence electrons. The Labute approximate surface area is 123 Å². The Hall–Kier alpha value is -2.30. The fourth-order valence-corrected chi connectivity index (χ4v) is 2.18. The number of amides is 1. The lowest BCUT2D eigenvalue weighted by Gasteiger charge is -2.18. The van der Waals surface area contributed by atoms with Crippen LogP contribution in [-0.4, -0.2) is 25.0 Å². The summed E-state index contributed by atoms with van der Waals surface area (Å²) in [7, 11) is 1.32. The van der Waals surface area contributed by atoms with Crippen LogP contribution in [0.15, 0.2) is 34.9 Å². The van der Waals surface area contributed by atoms with Crippen LogP contribution < -0.4 is 5.32 Å². The Morgan fingerprint density at radius 1 is 1.29 bits per heavy atom. The summed E-state index contributed by atoms with van der Waals surface area (Å²) in [5.74, 6) is -0.457. The van der Waals surface area contributed by atoms with Crippen molar-refractivity contribution >= 4 is 22.8 Å². The molecule has 0 saturated heterocycles. The van der Waals surface area contributed by atoms with Crippen molar-refractivity contribution in [1.29, 1.82) is 0 Å². The number of benzene rings is 1. The maximum Gasteiger partial charge on any atom is 0.328 e. The SMILES string of the molecule is COC(=O)[C@@H](CC(C)C)NC(=O)c1ccc2occc2c1. The van der Waals surface area contributed by atoms with E-state index in [-0.39, 0.29) is 11.8 Å². The molecule has 0 spiro atoms. The number of methoxy groups -OCH3 is 1. The molecule has 0 bridgehead atoms. The Bertz CT molecular complexity index is 645. The maximum absolute atomic E-state index is 12.3. The second-order valence-electron chi connectivity index (χ2n) is 5.35. The zero-order valence-electron chi connectivity index (χ0n) is 12.4. The van der Waals surface area contributed by atoms with Crippen molar-refractivity contribution in [2.75, 3.05) is 7.11 Å². The lowest BCUT2D eigenvalue weighted by Crippen LogP contribution is -2.42. The third kappa shape index (κ3) is 3.62. The van der Waals surface area contributed by atoms with Gasteiger partial charge in [-0.3, -0.25) is 4.79 Å². The number of hydrogen-bond acceptors (Lipinski definition) is 4. The lowest BCUT2D eigenvalue weighted by atomic mass is 10.0. The summed E-state index contributed by atoms with van der Waals surface area (Å²) in [6, 6.07) is 6.29. The minimum absolute atomic E-state index is 0.269. The summed E-state index contributed by atoms with van der Waals surface area (Å²) in [5.41, 5.74) is 1.21. The average molecular weight is 289 g/mol. The zero-order chi connectivity index (χ0) is 15.4. The zero-order valence-corrected chi connectivity index (χ0v) is 12.4. The quantitative estimate of drug-likeness (QED) is 0.859. The molecule has 21 heavy (non-hydrogen) atoms. The molecule has 1 heterocycles. The molecular formula is C16H19NO4. The lowest BCUT2D eigenvalue weighted by molar-refractivity contribution is -0.143. The molecule has 0 saturated carbocycles. The second kappa shape index (κ2) is 6.43. The highest BCUT2D eigenvalue weighted by Crippen LogP contribution is 2.17. The summed E-state index contributed by atoms with van der Waals surface area (Å²) < 4.78 is 9.98. The van der Waals surface area contributed by atoms with Gasteiger partial charge in [0.2, 0.25) is 0 Å². The van der Waals surface area contributed by atoms with Crippen molar-refractivity contribution in [1.82, 2.24) is 5.32 Å². The molecule has 2 aromatic rings. The van der Waals surface area contributed by atoms with E-state index in [1.807, 2.05) is 13.8 Å². The van der Waals surface area contributed by atoms with E-state index in [0.717, 1.165) is 11.0 Å². The average Bonchev–Trinajstić information content (AvgIpc) is 2.92. The van der Waals surface area contributed by atoms with E-state index < -0.39 is 12.0 Å². The van der Waals surface area contributed by atoms with Crippen LogP contribution >= 0.6 is 0 Å². The van der Waals surface area contributed by atoms with E-state index in [9.17, 15) is 9.59 Å². The van der Waals surface area contributed by atoms with Crippen molar-refractivity contribution in [3.05, 3.63) is 36.1 Å². The first-order valence-corrected chi connectivity index (χ1v) is 6.87. The van der Waals surface area contributed by atoms with Crippen molar-refractivity contribution in [3.8, 4) is 0 Å². The van der Waals surface area contributed by atoms with Crippen molar-refractivity contribution in [3.63, 3.8) is 0 Å². The Morgan fingerprint density at radius 3 is 2.71 bits per heavy atom. The van der Waals surface area contributed by atoms with Gasteiger partial charge in [0.05, 0.1) is 13.4 Å². The molecule has 1 aromatic heterocycles. The minimum Gasteiger partial charge on any atom is -0.467 e. The van der Waals surface area contributed by atoms with Gasteiger partial charge < -0.3 is 14.5 Å². The topological polar surface area (TPSA) is 68.5 Å². The molecule has 0 aliphatic rings. The largest absolute Gasteiger partial charge is 0.467 e. The van der Waals surface area contributed by atoms with Gasteiger partial charge in [0, 0.05) is 10.9 Å². The molecular weight excluding hydrogens is 270 g/mol. The third-order valence-corrected chi connectivity index (χ3v) is 3.21. The monoisotopic (exact) mass is 289 g/mol. The first kappa shape index (κ1) is 15.1. The molecule has 0 aliphatic heterocycles. The summed E-state index contributed by atoms with van der Waals surface area (Å²) in [6.07, 6.45) is 2.11. The molecule has 5 heteroatoms. The van der Waals surface area contributed by atoms with E-state index in [1.165, 1.54) is 7.11 Å². The fourth-order valence-electron chi connectivity index (χ4n) is 2.18. The van der Waals surface area contributed by atoms with E-state index in [2.05, 4.69) is 5.32 Å². The van der Waals surface area contributed by atoms with Crippen LogP contribution in [0.3, 0.4) is 0 Å². The molecule has 1 amide bonds. The molecule has 1 aromatic carbocycles. The molecule has 0 radical (unpaired) electrons. The number of esters is 1. The number of furan rings is 1. The minimum atomic E-state index is -0.637. The van der Waals surface area contributed by atoms with Gasteiger partial charge in [-0.25, -0.2) is 4.79 Å². The number of fused-ring (bicyclic) bond motifs is 1. The van der Waals surface area contributed by atoms with Crippen molar-refractivity contribution in [2.24, 2.45) is 5.92 Å². The van der Waals surface area contributed by atoms with Gasteiger partial charge in [-0.15, -0.1) is 0 Å². The second-order valence-corrected chi connectivity index (χ2v) is 5.35. The summed E-state index contributed by atoms with van der Waals surface area (Å²) in [5, 5.41) is 3.58. The Morgan fingerprint density at radius 2 is 2.05 bits per heavy atom. The van der Waals surface area contributed by atoms with Crippen LogP contribution in [0.4, 0.5) is 0 Å². The van der Waals surface area contributed by atoms with Crippen LogP contribution in [0.5, 0.6) is 0 Å². The summed E-state index contributed by atoms with van der Waals surface area (Å²) in [6.45, 7) is 3.97. The predicted octanol–water partition coefficient (Wildman–Crippen LogP) is 2.75. The highest BCUT2D eigenvalue weighted by molar-refractivity contribution is 5.99. The van der Waals surface area contributed by atoms with Gasteiger partial charge in [-0.1, -0.05) is 13.8 Å². The number of hydrogen-bond donors (Lipinski definition) is 1. The number of carbonyl (C=O) groups is 2. The highest BCUT2D eigenvalue weighted by atomic mass is 16.5. The first-order chi connectivity index (χ1) is 10.0. The van der Waals surface area contributed by atoms with E-state index in [4.69, 9.17) is 9.15 Å². The van der Waals surface area contributed by atoms with E-state index in [0.29, 0.717) is 12.0 Å². The Balaban J connectivity index is 2.15. The molecule has 1 N–H and O–H groups in total. The Kier molecular flexibility index (Phi) is 4.62. The van der Waals surface area contributed by atoms with Gasteiger partial charge >= 0.3 is 5.97 Å². The predicted molar refractivity (Wildman–Crippen MR) is 78.9 cm³/mol. The third-order valence-electron chi connectivity index (χ3n) is 3.21. The first-order valence-electron chi connectivity index (χ1n) is 6.87. The van der Waals surface area contributed by atoms with Gasteiger partial charge in [0.25, 0.3) is 5.91 Å². The molecule has 0 aliphatic carbocycles. The standard InChI is InChI=1S/C16H19NO4/c1-10(2)8-13(16(19)20-3)17-15(18)12-4-5-14-11(9-12)6-7-21-14/h4-7,9-10,13H,8H2,1-3H3,(H,17,18)/t13-/m1/s1. The molecule has 0 unspecified atom stereocenters. The van der Waals surface area contributed by atoms with Gasteiger partial charge in [-0.05, 0) is 36.6 Å². The number of nitrogens with one attached hydrogen (secondary N) is 1. The number of carbonyl (C=O) groups excluding carboxylic acids is 2. The molecule has 1 atom stereocenters. The maximum atomic E-state index is 12.3. The normalized spacial score (nSPS) is 12.4. The van der Waals surface area contributed by atoms with E-state index >= 15 is 0 Å². The van der Waals surface area contributed by atoms with Gasteiger partial charge in [0.15, 0.2) is 0 Å². The summed E-state index contributed by atoms with van der Waals surface area (Å²) >= 11 is 0. The van der Waals surface area contributed by atoms with Crippen LogP contribution in [0.25, 0.3) is 11.0 Å². The summed E-state index contributed by atoms with van der Waals surface area (Å²) in [4.78, 5) is 24.0. The molecule has 5 nitrogen and oxygen atoms in total. The van der Waals surface area contributed by atoms with Crippen LogP contribution in [0.2, 0.25) is 0 Å². The van der Waals surface area contributed by atoms with Crippen LogP contribution in [0.1, 0.15) is 30.6 Å². The van der Waals surface area contributed by atoms with Crippen molar-refractivity contribution in [2.45, 2.75) is 26.3 Å². The van der Waals surface area contributed by atoms with Crippen LogP contribution in [0, 0.1) is 5.92 Å². The number of rotatable bonds is 5. The van der Waals surface area contributed by atoms with Gasteiger partial charge in [0.1, 0.15) is 11.6 Å². The molecule has 2 rings (SSSR count). The molecule has 0 fully saturated rings. The van der Waals surface area contributed by atoms with E-state index in [1.54, 1.807) is 30.5 Å². The fraction of sp³-hybridized carbons (Fsp3) is 0.375. The van der Waals surface area contributed by atoms with Crippen molar-refractivity contribution < 1.29 is 18.7 Å². The smallest absolute Gasteiger partial charge is 0.328 e. The van der Waals surface area contributed by atoms with Crippen LogP contribution in [-0.2, 0) is 9.53 Å².